The monoisotopic (exact) mass is 281 g/mol. The molecule has 6 heteroatoms. The number of nitrogens with zero attached hydrogens (tertiary/aromatic N) is 2. The Morgan fingerprint density at radius 3 is 3.06 bits per heavy atom. The van der Waals surface area contributed by atoms with E-state index < -0.39 is 0 Å². The van der Waals surface area contributed by atoms with Crippen LogP contribution in [-0.4, -0.2) is 23.9 Å². The molecule has 96 valence electrons. The van der Waals surface area contributed by atoms with E-state index in [2.05, 4.69) is 21.6 Å². The molecule has 0 radical (unpaired) electrons. The Morgan fingerprint density at radius 1 is 1.39 bits per heavy atom. The van der Waals surface area contributed by atoms with Crippen molar-refractivity contribution in [3.8, 4) is 5.75 Å². The highest BCUT2D eigenvalue weighted by Crippen LogP contribution is 2.27. The van der Waals surface area contributed by atoms with Crippen molar-refractivity contribution >= 4 is 28.2 Å². The van der Waals surface area contributed by atoms with Crippen molar-refractivity contribution in [2.24, 2.45) is 0 Å². The molecule has 0 saturated carbocycles. The van der Waals surface area contributed by atoms with Gasteiger partial charge in [0.2, 0.25) is 5.13 Å². The second-order valence-electron chi connectivity index (χ2n) is 3.50. The number of rotatable bonds is 6. The Bertz CT molecular complexity index is 502. The fraction of sp³-hybridized carbons (Fsp3) is 0.333. The number of hydrogen-bond acceptors (Lipinski definition) is 6. The van der Waals surface area contributed by atoms with Gasteiger partial charge in [-0.3, -0.25) is 0 Å². The highest BCUT2D eigenvalue weighted by Gasteiger charge is 2.04. The maximum absolute atomic E-state index is 5.19. The number of nitrogens with one attached hydrogen (secondary N) is 1. The molecule has 0 spiro atoms. The van der Waals surface area contributed by atoms with Gasteiger partial charge in [0.1, 0.15) is 10.8 Å². The smallest absolute Gasteiger partial charge is 0.205 e. The van der Waals surface area contributed by atoms with E-state index in [0.717, 1.165) is 28.2 Å². The quantitative estimate of drug-likeness (QED) is 0.823. The van der Waals surface area contributed by atoms with Gasteiger partial charge in [0, 0.05) is 11.4 Å². The van der Waals surface area contributed by atoms with Gasteiger partial charge in [-0.05, 0) is 25.1 Å². The van der Waals surface area contributed by atoms with E-state index in [1.807, 2.05) is 25.1 Å². The SMILES string of the molecule is CCNc1nnc(CSc2cccc(OC)c2)s1. The molecular weight excluding hydrogens is 266 g/mol. The largest absolute Gasteiger partial charge is 0.497 e. The van der Waals surface area contributed by atoms with Gasteiger partial charge in [0.25, 0.3) is 0 Å². The topological polar surface area (TPSA) is 47.0 Å². The summed E-state index contributed by atoms with van der Waals surface area (Å²) in [5.74, 6) is 1.71. The van der Waals surface area contributed by atoms with Gasteiger partial charge in [0.15, 0.2) is 0 Å². The molecule has 4 nitrogen and oxygen atoms in total. The summed E-state index contributed by atoms with van der Waals surface area (Å²) < 4.78 is 5.19. The molecule has 1 N–H and O–H groups in total. The Hall–Kier alpha value is -1.27. The number of thioether (sulfide) groups is 1. The zero-order chi connectivity index (χ0) is 12.8. The molecule has 0 aliphatic carbocycles. The van der Waals surface area contributed by atoms with Crippen LogP contribution in [0.15, 0.2) is 29.2 Å². The molecule has 0 atom stereocenters. The third-order valence-electron chi connectivity index (χ3n) is 2.20. The number of aromatic nitrogens is 2. The summed E-state index contributed by atoms with van der Waals surface area (Å²) >= 11 is 3.34. The summed E-state index contributed by atoms with van der Waals surface area (Å²) in [5.41, 5.74) is 0. The van der Waals surface area contributed by atoms with E-state index in [0.29, 0.717) is 0 Å². The van der Waals surface area contributed by atoms with Crippen molar-refractivity contribution in [3.05, 3.63) is 29.3 Å². The van der Waals surface area contributed by atoms with Crippen LogP contribution in [0.3, 0.4) is 0 Å². The van der Waals surface area contributed by atoms with E-state index in [1.54, 1.807) is 30.2 Å². The molecule has 0 fully saturated rings. The van der Waals surface area contributed by atoms with Crippen molar-refractivity contribution in [2.75, 3.05) is 19.0 Å². The van der Waals surface area contributed by atoms with Gasteiger partial charge in [0.05, 0.1) is 12.9 Å². The molecule has 0 amide bonds. The maximum Gasteiger partial charge on any atom is 0.205 e. The van der Waals surface area contributed by atoms with Crippen molar-refractivity contribution in [1.82, 2.24) is 10.2 Å². The highest BCUT2D eigenvalue weighted by atomic mass is 32.2. The number of methoxy groups -OCH3 is 1. The van der Waals surface area contributed by atoms with Gasteiger partial charge in [-0.2, -0.15) is 0 Å². The lowest BCUT2D eigenvalue weighted by Crippen LogP contribution is -1.94. The van der Waals surface area contributed by atoms with Crippen LogP contribution in [0.4, 0.5) is 5.13 Å². The Balaban J connectivity index is 1.93. The third-order valence-corrected chi connectivity index (χ3v) is 4.27. The first-order valence-electron chi connectivity index (χ1n) is 5.65. The van der Waals surface area contributed by atoms with Crippen molar-refractivity contribution in [3.63, 3.8) is 0 Å². The Kier molecular flexibility index (Phi) is 4.83. The minimum Gasteiger partial charge on any atom is -0.497 e. The van der Waals surface area contributed by atoms with E-state index in [9.17, 15) is 0 Å². The van der Waals surface area contributed by atoms with Crippen LogP contribution in [0.1, 0.15) is 11.9 Å². The molecule has 0 bridgehead atoms. The lowest BCUT2D eigenvalue weighted by atomic mass is 10.3. The summed E-state index contributed by atoms with van der Waals surface area (Å²) in [6.07, 6.45) is 0. The molecule has 0 unspecified atom stereocenters. The summed E-state index contributed by atoms with van der Waals surface area (Å²) in [4.78, 5) is 1.18. The first-order chi connectivity index (χ1) is 8.81. The number of anilines is 1. The second-order valence-corrected chi connectivity index (χ2v) is 5.61. The van der Waals surface area contributed by atoms with Gasteiger partial charge < -0.3 is 10.1 Å². The van der Waals surface area contributed by atoms with Gasteiger partial charge >= 0.3 is 0 Å². The molecule has 0 saturated heterocycles. The van der Waals surface area contributed by atoms with Gasteiger partial charge in [-0.25, -0.2) is 0 Å². The van der Waals surface area contributed by atoms with Crippen LogP contribution in [0, 0.1) is 0 Å². The average molecular weight is 281 g/mol. The number of hydrogen-bond donors (Lipinski definition) is 1. The van der Waals surface area contributed by atoms with Gasteiger partial charge in [-0.1, -0.05) is 17.4 Å². The first-order valence-corrected chi connectivity index (χ1v) is 7.45. The molecule has 2 rings (SSSR count). The molecular formula is C12H15N3OS2. The summed E-state index contributed by atoms with van der Waals surface area (Å²) in [7, 11) is 1.68. The lowest BCUT2D eigenvalue weighted by Gasteiger charge is -2.02. The summed E-state index contributed by atoms with van der Waals surface area (Å²) in [6.45, 7) is 2.92. The maximum atomic E-state index is 5.19. The van der Waals surface area contributed by atoms with Gasteiger partial charge in [-0.15, -0.1) is 22.0 Å². The molecule has 0 aliphatic rings. The van der Waals surface area contributed by atoms with Crippen LogP contribution in [-0.2, 0) is 5.75 Å². The van der Waals surface area contributed by atoms with E-state index in [1.165, 1.54) is 4.90 Å². The zero-order valence-corrected chi connectivity index (χ0v) is 12.0. The molecule has 0 aliphatic heterocycles. The molecule has 1 aromatic carbocycles. The standard InChI is InChI=1S/C12H15N3OS2/c1-3-13-12-15-14-11(18-12)8-17-10-6-4-5-9(7-10)16-2/h4-7H,3,8H2,1-2H3,(H,13,15). The minimum absolute atomic E-state index is 0.830. The highest BCUT2D eigenvalue weighted by molar-refractivity contribution is 7.98. The molecule has 18 heavy (non-hydrogen) atoms. The first kappa shape index (κ1) is 13.2. The normalized spacial score (nSPS) is 10.3. The average Bonchev–Trinajstić information content (AvgIpc) is 2.85. The van der Waals surface area contributed by atoms with Crippen LogP contribution in [0.2, 0.25) is 0 Å². The fourth-order valence-corrected chi connectivity index (χ4v) is 3.11. The van der Waals surface area contributed by atoms with Crippen molar-refractivity contribution in [2.45, 2.75) is 17.6 Å². The molecule has 1 heterocycles. The van der Waals surface area contributed by atoms with Crippen LogP contribution in [0.5, 0.6) is 5.75 Å². The fourth-order valence-electron chi connectivity index (χ4n) is 1.37. The van der Waals surface area contributed by atoms with Crippen LogP contribution in [0.25, 0.3) is 0 Å². The minimum atomic E-state index is 0.830. The summed E-state index contributed by atoms with van der Waals surface area (Å²) in [6, 6.07) is 8.03. The molecule has 1 aromatic heterocycles. The zero-order valence-electron chi connectivity index (χ0n) is 10.3. The summed E-state index contributed by atoms with van der Waals surface area (Å²) in [5, 5.41) is 13.3. The van der Waals surface area contributed by atoms with Crippen molar-refractivity contribution in [1.29, 1.82) is 0 Å². The number of benzene rings is 1. The van der Waals surface area contributed by atoms with E-state index >= 15 is 0 Å². The second kappa shape index (κ2) is 6.61. The Morgan fingerprint density at radius 2 is 2.28 bits per heavy atom. The predicted octanol–water partition coefficient (Wildman–Crippen LogP) is 3.27. The van der Waals surface area contributed by atoms with Crippen molar-refractivity contribution < 1.29 is 4.74 Å². The van der Waals surface area contributed by atoms with Crippen LogP contribution < -0.4 is 10.1 Å². The number of ether oxygens (including phenoxy) is 1. The predicted molar refractivity (Wildman–Crippen MR) is 76.6 cm³/mol. The Labute approximate surface area is 115 Å². The lowest BCUT2D eigenvalue weighted by molar-refractivity contribution is 0.413. The third kappa shape index (κ3) is 3.61. The van der Waals surface area contributed by atoms with Crippen LogP contribution >= 0.6 is 23.1 Å². The van der Waals surface area contributed by atoms with E-state index in [-0.39, 0.29) is 0 Å². The molecule has 2 aromatic rings. The van der Waals surface area contributed by atoms with E-state index in [4.69, 9.17) is 4.74 Å².